The lowest BCUT2D eigenvalue weighted by atomic mass is 9.97. The lowest BCUT2D eigenvalue weighted by Crippen LogP contribution is -2.35. The zero-order valence-corrected chi connectivity index (χ0v) is 26.4. The molecule has 236 valence electrons. The van der Waals surface area contributed by atoms with E-state index in [1.165, 1.54) is 5.69 Å². The highest BCUT2D eigenvalue weighted by atomic mass is 32.1. The van der Waals surface area contributed by atoms with Crippen molar-refractivity contribution in [3.05, 3.63) is 84.6 Å². The Kier molecular flexibility index (Phi) is 8.99. The molecule has 46 heavy (non-hydrogen) atoms. The third kappa shape index (κ3) is 6.50. The van der Waals surface area contributed by atoms with Gasteiger partial charge in [0.1, 0.15) is 16.0 Å². The second-order valence-corrected chi connectivity index (χ2v) is 12.4. The number of nitrogens with zero attached hydrogens (tertiary/aromatic N) is 7. The number of hydrogen-bond donors (Lipinski definition) is 0. The van der Waals surface area contributed by atoms with Crippen LogP contribution in [0.2, 0.25) is 0 Å². The molecule has 0 saturated carbocycles. The number of aromatic nitrogens is 6. The summed E-state index contributed by atoms with van der Waals surface area (Å²) in [4.78, 5) is 27.2. The number of rotatable bonds is 12. The van der Waals surface area contributed by atoms with Crippen LogP contribution >= 0.6 is 11.3 Å². The number of carbonyl (C=O) groups excluding carboxylic acids is 1. The SMILES string of the molecule is COCCCCOCC1CCN(c2ccc(-c3nn4c(-c5ccc(C(=O)On6nnc7ccccc76)cc5)cnc4s3)cc2)CC1. The molecular weight excluding hydrogens is 602 g/mol. The first kappa shape index (κ1) is 30.0. The number of para-hydroxylation sites is 1. The van der Waals surface area contributed by atoms with Gasteiger partial charge in [-0.05, 0) is 85.3 Å². The van der Waals surface area contributed by atoms with E-state index < -0.39 is 5.97 Å². The van der Waals surface area contributed by atoms with Gasteiger partial charge in [-0.15, -0.1) is 5.10 Å². The standard InChI is InChI=1S/C34H35N7O4S/c1-43-20-4-5-21-44-23-24-16-18-39(19-17-24)28-14-12-26(13-15-28)32-37-40-31(22-35-34(40)46-32)25-8-10-27(11-9-25)33(42)45-41-30-7-3-2-6-29(30)36-38-41/h2-3,6-15,22,24H,4-5,16-21,23H2,1H3. The van der Waals surface area contributed by atoms with Crippen molar-refractivity contribution in [1.29, 1.82) is 0 Å². The number of hydrogen-bond acceptors (Lipinski definition) is 10. The fourth-order valence-electron chi connectivity index (χ4n) is 5.70. The van der Waals surface area contributed by atoms with Crippen LogP contribution in [0.5, 0.6) is 0 Å². The summed E-state index contributed by atoms with van der Waals surface area (Å²) in [5, 5.41) is 13.7. The van der Waals surface area contributed by atoms with Gasteiger partial charge in [0.15, 0.2) is 0 Å². The summed E-state index contributed by atoms with van der Waals surface area (Å²) in [5.74, 6) is 0.104. The van der Waals surface area contributed by atoms with Gasteiger partial charge in [-0.25, -0.2) is 14.3 Å². The Morgan fingerprint density at radius 2 is 1.70 bits per heavy atom. The van der Waals surface area contributed by atoms with Gasteiger partial charge in [-0.3, -0.25) is 0 Å². The summed E-state index contributed by atoms with van der Waals surface area (Å²) in [6.07, 6.45) is 6.20. The summed E-state index contributed by atoms with van der Waals surface area (Å²) in [7, 11) is 1.74. The van der Waals surface area contributed by atoms with E-state index in [9.17, 15) is 4.79 Å². The highest BCUT2D eigenvalue weighted by Crippen LogP contribution is 2.31. The molecule has 11 nitrogen and oxygen atoms in total. The largest absolute Gasteiger partial charge is 0.385 e. The van der Waals surface area contributed by atoms with Gasteiger partial charge in [0.05, 0.1) is 17.5 Å². The first-order valence-corrected chi connectivity index (χ1v) is 16.4. The van der Waals surface area contributed by atoms with Crippen molar-refractivity contribution in [3.8, 4) is 21.8 Å². The van der Waals surface area contributed by atoms with Crippen LogP contribution in [-0.2, 0) is 9.47 Å². The summed E-state index contributed by atoms with van der Waals surface area (Å²) in [6.45, 7) is 4.56. The van der Waals surface area contributed by atoms with Crippen LogP contribution in [-0.4, -0.2) is 75.7 Å². The molecule has 0 amide bonds. The second-order valence-electron chi connectivity index (χ2n) is 11.4. The fraction of sp³-hybridized carbons (Fsp3) is 0.324. The van der Waals surface area contributed by atoms with Crippen molar-refractivity contribution < 1.29 is 19.1 Å². The molecule has 0 N–H and O–H groups in total. The van der Waals surface area contributed by atoms with Crippen LogP contribution in [0.4, 0.5) is 5.69 Å². The van der Waals surface area contributed by atoms with Crippen LogP contribution in [0.25, 0.3) is 37.8 Å². The maximum absolute atomic E-state index is 12.8. The highest BCUT2D eigenvalue weighted by molar-refractivity contribution is 7.19. The lowest BCUT2D eigenvalue weighted by molar-refractivity contribution is 0.0409. The van der Waals surface area contributed by atoms with Crippen LogP contribution in [0, 0.1) is 5.92 Å². The Balaban J connectivity index is 0.964. The van der Waals surface area contributed by atoms with E-state index in [-0.39, 0.29) is 0 Å². The molecule has 0 unspecified atom stereocenters. The molecule has 3 aromatic carbocycles. The Bertz CT molecular complexity index is 1910. The zero-order valence-electron chi connectivity index (χ0n) is 25.6. The molecule has 3 aromatic heterocycles. The number of ether oxygens (including phenoxy) is 2. The van der Waals surface area contributed by atoms with Gasteiger partial charge < -0.3 is 19.2 Å². The summed E-state index contributed by atoms with van der Waals surface area (Å²) in [6, 6.07) is 23.1. The van der Waals surface area contributed by atoms with E-state index in [1.54, 1.807) is 42.8 Å². The number of methoxy groups -OCH3 is 1. The molecule has 0 bridgehead atoms. The molecule has 12 heteroatoms. The van der Waals surface area contributed by atoms with Crippen LogP contribution < -0.4 is 9.74 Å². The van der Waals surface area contributed by atoms with Crippen molar-refractivity contribution in [1.82, 2.24) is 29.8 Å². The van der Waals surface area contributed by atoms with Crippen LogP contribution in [0.1, 0.15) is 36.0 Å². The Morgan fingerprint density at radius 3 is 2.50 bits per heavy atom. The molecular formula is C34H35N7O4S. The quantitative estimate of drug-likeness (QED) is 0.122. The molecule has 1 fully saturated rings. The third-order valence-electron chi connectivity index (χ3n) is 8.33. The van der Waals surface area contributed by atoms with Gasteiger partial charge in [0.2, 0.25) is 4.96 Å². The monoisotopic (exact) mass is 637 g/mol. The minimum absolute atomic E-state index is 0.398. The summed E-state index contributed by atoms with van der Waals surface area (Å²) >= 11 is 1.55. The second kappa shape index (κ2) is 13.8. The molecule has 1 aliphatic heterocycles. The molecule has 0 atom stereocenters. The number of fused-ring (bicyclic) bond motifs is 2. The van der Waals surface area contributed by atoms with E-state index in [0.717, 1.165) is 90.2 Å². The van der Waals surface area contributed by atoms with Gasteiger partial charge in [0.25, 0.3) is 0 Å². The zero-order chi connectivity index (χ0) is 31.3. The Morgan fingerprint density at radius 1 is 0.935 bits per heavy atom. The van der Waals surface area contributed by atoms with E-state index >= 15 is 0 Å². The molecule has 4 heterocycles. The number of carbonyl (C=O) groups is 1. The van der Waals surface area contributed by atoms with Gasteiger partial charge in [-0.1, -0.05) is 40.4 Å². The highest BCUT2D eigenvalue weighted by Gasteiger charge is 2.20. The predicted molar refractivity (Wildman–Crippen MR) is 177 cm³/mol. The van der Waals surface area contributed by atoms with Crippen molar-refractivity contribution in [2.24, 2.45) is 5.92 Å². The fourth-order valence-corrected chi connectivity index (χ4v) is 6.58. The van der Waals surface area contributed by atoms with Crippen molar-refractivity contribution in [2.75, 3.05) is 44.9 Å². The predicted octanol–water partition coefficient (Wildman–Crippen LogP) is 5.80. The normalized spacial score (nSPS) is 14.0. The first-order chi connectivity index (χ1) is 22.7. The van der Waals surface area contributed by atoms with E-state index in [1.807, 2.05) is 34.8 Å². The number of imidazole rings is 1. The maximum Gasteiger partial charge on any atom is 0.365 e. The average Bonchev–Trinajstić information content (AvgIpc) is 3.82. The number of benzene rings is 3. The third-order valence-corrected chi connectivity index (χ3v) is 9.30. The topological polar surface area (TPSA) is 109 Å². The number of anilines is 1. The number of unbranched alkanes of at least 4 members (excludes halogenated alkanes) is 1. The van der Waals surface area contributed by atoms with Gasteiger partial charge in [0, 0.05) is 56.8 Å². The van der Waals surface area contributed by atoms with E-state index in [2.05, 4.69) is 44.5 Å². The van der Waals surface area contributed by atoms with Crippen LogP contribution in [0.15, 0.2) is 79.0 Å². The van der Waals surface area contributed by atoms with Gasteiger partial charge >= 0.3 is 5.97 Å². The lowest BCUT2D eigenvalue weighted by Gasteiger charge is -2.33. The molecule has 1 aliphatic rings. The van der Waals surface area contributed by atoms with Crippen LogP contribution in [0.3, 0.4) is 0 Å². The minimum Gasteiger partial charge on any atom is -0.385 e. The molecule has 6 aromatic rings. The van der Waals surface area contributed by atoms with E-state index in [4.69, 9.17) is 19.4 Å². The van der Waals surface area contributed by atoms with Crippen molar-refractivity contribution >= 4 is 39.0 Å². The molecule has 0 radical (unpaired) electrons. The number of piperidine rings is 1. The summed E-state index contributed by atoms with van der Waals surface area (Å²) < 4.78 is 12.9. The Labute approximate surface area is 270 Å². The molecule has 7 rings (SSSR count). The average molecular weight is 638 g/mol. The van der Waals surface area contributed by atoms with Crippen molar-refractivity contribution in [2.45, 2.75) is 25.7 Å². The maximum atomic E-state index is 12.8. The minimum atomic E-state index is -0.525. The first-order valence-electron chi connectivity index (χ1n) is 15.6. The van der Waals surface area contributed by atoms with E-state index in [0.29, 0.717) is 22.5 Å². The summed E-state index contributed by atoms with van der Waals surface area (Å²) in [5.41, 5.74) is 5.70. The molecule has 1 saturated heterocycles. The van der Waals surface area contributed by atoms with Gasteiger partial charge in [-0.2, -0.15) is 5.10 Å². The molecule has 0 aliphatic carbocycles. The smallest absolute Gasteiger partial charge is 0.365 e. The van der Waals surface area contributed by atoms with Crippen molar-refractivity contribution in [3.63, 3.8) is 0 Å². The molecule has 0 spiro atoms. The Hall–Kier alpha value is -4.65.